The van der Waals surface area contributed by atoms with Gasteiger partial charge in [0.15, 0.2) is 5.82 Å². The van der Waals surface area contributed by atoms with Gasteiger partial charge in [0.05, 0.1) is 17.4 Å². The number of hydrogen-bond donors (Lipinski definition) is 3. The van der Waals surface area contributed by atoms with E-state index in [2.05, 4.69) is 71.6 Å². The van der Waals surface area contributed by atoms with E-state index in [-0.39, 0.29) is 6.04 Å². The summed E-state index contributed by atoms with van der Waals surface area (Å²) in [6.45, 7) is 16.8. The Bertz CT molecular complexity index is 1130. The molecule has 3 unspecified atom stereocenters. The van der Waals surface area contributed by atoms with Crippen LogP contribution in [-0.2, 0) is 0 Å². The van der Waals surface area contributed by atoms with Crippen molar-refractivity contribution in [2.24, 2.45) is 4.99 Å². The molecule has 0 radical (unpaired) electrons. The van der Waals surface area contributed by atoms with Gasteiger partial charge in [0, 0.05) is 60.0 Å². The van der Waals surface area contributed by atoms with Crippen molar-refractivity contribution in [1.82, 2.24) is 25.3 Å². The predicted octanol–water partition coefficient (Wildman–Crippen LogP) is 7.37. The zero-order chi connectivity index (χ0) is 28.4. The summed E-state index contributed by atoms with van der Waals surface area (Å²) in [6, 6.07) is 9.03. The van der Waals surface area contributed by atoms with Gasteiger partial charge in [-0.15, -0.1) is 0 Å². The van der Waals surface area contributed by atoms with Crippen LogP contribution in [0.2, 0.25) is 5.02 Å². The number of anilines is 1. The molecule has 39 heavy (non-hydrogen) atoms. The Morgan fingerprint density at radius 1 is 1.33 bits per heavy atom. The second-order valence-corrected chi connectivity index (χ2v) is 11.5. The second-order valence-electron chi connectivity index (χ2n) is 10.4. The highest BCUT2D eigenvalue weighted by molar-refractivity contribution is 7.99. The normalized spacial score (nSPS) is 17.6. The van der Waals surface area contributed by atoms with Gasteiger partial charge in [-0.1, -0.05) is 42.6 Å². The molecule has 1 aromatic carbocycles. The van der Waals surface area contributed by atoms with E-state index in [1.165, 1.54) is 5.57 Å². The highest BCUT2D eigenvalue weighted by Crippen LogP contribution is 2.39. The molecule has 0 bridgehead atoms. The molecular formula is C30H46ClN7S. The second kappa shape index (κ2) is 15.5. The number of nitrogens with one attached hydrogen (secondary N) is 3. The zero-order valence-electron chi connectivity index (χ0n) is 24.3. The van der Waals surface area contributed by atoms with Crippen LogP contribution in [0.15, 0.2) is 41.4 Å². The first kappa shape index (κ1) is 31.3. The molecule has 1 aliphatic heterocycles. The van der Waals surface area contributed by atoms with Gasteiger partial charge < -0.3 is 20.3 Å². The number of aromatic nitrogens is 2. The van der Waals surface area contributed by atoms with Crippen LogP contribution in [0.1, 0.15) is 76.6 Å². The fourth-order valence-corrected chi connectivity index (χ4v) is 5.71. The summed E-state index contributed by atoms with van der Waals surface area (Å²) in [7, 11) is 2.01. The first-order valence-corrected chi connectivity index (χ1v) is 15.6. The zero-order valence-corrected chi connectivity index (χ0v) is 25.8. The maximum atomic E-state index is 6.40. The number of likely N-dealkylation sites (N-methyl/N-ethyl adjacent to an activating group) is 1. The first-order valence-electron chi connectivity index (χ1n) is 14.0. The molecule has 1 aromatic heterocycles. The molecule has 2 heterocycles. The average molecular weight is 572 g/mol. The Morgan fingerprint density at radius 2 is 2.13 bits per heavy atom. The number of rotatable bonds is 15. The van der Waals surface area contributed by atoms with Crippen molar-refractivity contribution in [3.8, 4) is 0 Å². The van der Waals surface area contributed by atoms with Crippen LogP contribution in [0.3, 0.4) is 0 Å². The molecule has 1 saturated heterocycles. The lowest BCUT2D eigenvalue weighted by atomic mass is 9.97. The summed E-state index contributed by atoms with van der Waals surface area (Å²) in [4.78, 5) is 6.68. The number of nitrogens with zero attached hydrogens (tertiary/aromatic N) is 4. The smallest absolute Gasteiger partial charge is 0.154 e. The van der Waals surface area contributed by atoms with E-state index in [4.69, 9.17) is 16.7 Å². The molecule has 7 nitrogen and oxygen atoms in total. The Kier molecular flexibility index (Phi) is 12.4. The number of piperidine rings is 1. The SMILES string of the molecule is C=Nc1cc(C2CCCCN2C(=C)c2cc(Cl)ccc2NSC)nn1/C=C(/C)CCC(CNC)NC(C)CC. The Hall–Kier alpha value is -2.26. The number of halogens is 1. The van der Waals surface area contributed by atoms with Crippen molar-refractivity contribution in [2.75, 3.05) is 31.1 Å². The molecule has 0 aliphatic carbocycles. The minimum atomic E-state index is 0.113. The number of hydrogen-bond acceptors (Lipinski definition) is 7. The molecule has 0 spiro atoms. The van der Waals surface area contributed by atoms with Crippen LogP contribution >= 0.6 is 23.5 Å². The summed E-state index contributed by atoms with van der Waals surface area (Å²) in [5, 5.41) is 12.8. The van der Waals surface area contributed by atoms with Crippen molar-refractivity contribution in [3.63, 3.8) is 0 Å². The van der Waals surface area contributed by atoms with Crippen LogP contribution in [-0.4, -0.2) is 59.9 Å². The van der Waals surface area contributed by atoms with Crippen molar-refractivity contribution in [1.29, 1.82) is 0 Å². The van der Waals surface area contributed by atoms with Gasteiger partial charge in [0.2, 0.25) is 0 Å². The third kappa shape index (κ3) is 8.61. The van der Waals surface area contributed by atoms with E-state index in [1.807, 2.05) is 36.2 Å². The average Bonchev–Trinajstić information content (AvgIpc) is 3.34. The lowest BCUT2D eigenvalue weighted by Gasteiger charge is -2.38. The fraction of sp³-hybridized carbons (Fsp3) is 0.533. The van der Waals surface area contributed by atoms with Crippen molar-refractivity contribution < 1.29 is 0 Å². The quantitative estimate of drug-likeness (QED) is 0.153. The van der Waals surface area contributed by atoms with Crippen molar-refractivity contribution >= 4 is 53.7 Å². The lowest BCUT2D eigenvalue weighted by Crippen LogP contribution is -2.42. The van der Waals surface area contributed by atoms with Gasteiger partial charge in [0.25, 0.3) is 0 Å². The maximum absolute atomic E-state index is 6.40. The highest BCUT2D eigenvalue weighted by atomic mass is 35.5. The van der Waals surface area contributed by atoms with Gasteiger partial charge in [-0.05, 0) is 84.3 Å². The van der Waals surface area contributed by atoms with Crippen molar-refractivity contribution in [3.05, 3.63) is 52.7 Å². The Morgan fingerprint density at radius 3 is 2.82 bits per heavy atom. The molecule has 214 valence electrons. The molecule has 1 aliphatic rings. The maximum Gasteiger partial charge on any atom is 0.154 e. The summed E-state index contributed by atoms with van der Waals surface area (Å²) in [6.07, 6.45) is 10.5. The molecule has 3 N–H and O–H groups in total. The van der Waals surface area contributed by atoms with Crippen molar-refractivity contribution in [2.45, 2.75) is 77.4 Å². The minimum Gasteiger partial charge on any atom is -0.363 e. The van der Waals surface area contributed by atoms with Gasteiger partial charge in [-0.2, -0.15) is 5.10 Å². The molecule has 2 aromatic rings. The topological polar surface area (TPSA) is 69.5 Å². The standard InChI is InChI=1S/C30H46ClN7S/c1-8-22(3)34-25(19-32-5)14-12-21(2)20-38-30(33-6)18-28(35-38)29-11-9-10-16-37(29)23(4)26-17-24(31)13-15-27(26)36-39-7/h13,15,17-18,20,22,25,29,32,34,36H,4,6,8-12,14,16,19H2,1-3,5,7H3/b21-20-. The number of aliphatic imine (C=N–C) groups is 1. The largest absolute Gasteiger partial charge is 0.363 e. The Balaban J connectivity index is 1.82. The third-order valence-electron chi connectivity index (χ3n) is 7.41. The van der Waals surface area contributed by atoms with Gasteiger partial charge in [0.1, 0.15) is 0 Å². The number of benzene rings is 1. The van der Waals surface area contributed by atoms with E-state index in [0.717, 1.165) is 80.1 Å². The molecular weight excluding hydrogens is 526 g/mol. The van der Waals surface area contributed by atoms with E-state index < -0.39 is 0 Å². The summed E-state index contributed by atoms with van der Waals surface area (Å²) < 4.78 is 5.27. The van der Waals surface area contributed by atoms with Crippen LogP contribution in [0.4, 0.5) is 11.5 Å². The van der Waals surface area contributed by atoms with Crippen LogP contribution in [0.5, 0.6) is 0 Å². The molecule has 9 heteroatoms. The summed E-state index contributed by atoms with van der Waals surface area (Å²) in [5.41, 5.74) is 5.24. The van der Waals surface area contributed by atoms with Gasteiger partial charge in [-0.25, -0.2) is 9.67 Å². The summed E-state index contributed by atoms with van der Waals surface area (Å²) in [5.74, 6) is 0.762. The molecule has 3 atom stereocenters. The summed E-state index contributed by atoms with van der Waals surface area (Å²) >= 11 is 7.96. The fourth-order valence-electron chi connectivity index (χ4n) is 5.14. The molecule has 3 rings (SSSR count). The van der Waals surface area contributed by atoms with Crippen LogP contribution < -0.4 is 15.4 Å². The van der Waals surface area contributed by atoms with E-state index in [1.54, 1.807) is 11.9 Å². The number of likely N-dealkylation sites (tertiary alicyclic amines) is 1. The predicted molar refractivity (Wildman–Crippen MR) is 172 cm³/mol. The van der Waals surface area contributed by atoms with E-state index in [0.29, 0.717) is 17.1 Å². The van der Waals surface area contributed by atoms with Crippen LogP contribution in [0, 0.1) is 0 Å². The third-order valence-corrected chi connectivity index (χ3v) is 8.06. The molecule has 0 amide bonds. The number of allylic oxidation sites excluding steroid dienone is 1. The lowest BCUT2D eigenvalue weighted by molar-refractivity contribution is 0.226. The Labute approximate surface area is 244 Å². The first-order chi connectivity index (χ1) is 18.8. The van der Waals surface area contributed by atoms with Crippen LogP contribution in [0.25, 0.3) is 11.9 Å². The minimum absolute atomic E-state index is 0.113. The van der Waals surface area contributed by atoms with E-state index >= 15 is 0 Å². The monoisotopic (exact) mass is 571 g/mol. The van der Waals surface area contributed by atoms with Gasteiger partial charge in [-0.3, -0.25) is 0 Å². The molecule has 0 saturated carbocycles. The molecule has 1 fully saturated rings. The van der Waals surface area contributed by atoms with E-state index in [9.17, 15) is 0 Å². The highest BCUT2D eigenvalue weighted by Gasteiger charge is 2.29. The van der Waals surface area contributed by atoms with Gasteiger partial charge >= 0.3 is 0 Å².